The van der Waals surface area contributed by atoms with E-state index in [9.17, 15) is 0 Å². The Bertz CT molecular complexity index is 545. The summed E-state index contributed by atoms with van der Waals surface area (Å²) in [5, 5.41) is 8.13. The third kappa shape index (κ3) is 3.67. The van der Waals surface area contributed by atoms with Crippen LogP contribution in [0.1, 0.15) is 49.9 Å². The SMILES string of the molecule is CCNC(Cc1ccn(C(C)C)n1)c1cccc(C)n1. The van der Waals surface area contributed by atoms with Crippen molar-refractivity contribution in [2.75, 3.05) is 6.54 Å². The number of aromatic nitrogens is 3. The lowest BCUT2D eigenvalue weighted by molar-refractivity contribution is 0.501. The van der Waals surface area contributed by atoms with Gasteiger partial charge in [-0.25, -0.2) is 0 Å². The van der Waals surface area contributed by atoms with Crippen LogP contribution in [0.4, 0.5) is 0 Å². The molecule has 2 aromatic rings. The van der Waals surface area contributed by atoms with Crippen LogP contribution in [0.2, 0.25) is 0 Å². The number of aryl methyl sites for hydroxylation is 1. The van der Waals surface area contributed by atoms with Crippen molar-refractivity contribution in [3.63, 3.8) is 0 Å². The molecule has 0 radical (unpaired) electrons. The van der Waals surface area contributed by atoms with E-state index >= 15 is 0 Å². The number of pyridine rings is 1. The molecule has 0 spiro atoms. The Morgan fingerprint density at radius 3 is 2.65 bits per heavy atom. The van der Waals surface area contributed by atoms with Crippen molar-refractivity contribution in [3.05, 3.63) is 47.5 Å². The predicted molar refractivity (Wildman–Crippen MR) is 81.7 cm³/mol. The van der Waals surface area contributed by atoms with Crippen LogP contribution < -0.4 is 5.32 Å². The molecule has 0 aliphatic heterocycles. The summed E-state index contributed by atoms with van der Waals surface area (Å²) in [6.07, 6.45) is 2.91. The second-order valence-corrected chi connectivity index (χ2v) is 5.40. The summed E-state index contributed by atoms with van der Waals surface area (Å²) in [4.78, 5) is 4.63. The number of nitrogens with zero attached hydrogens (tertiary/aromatic N) is 3. The van der Waals surface area contributed by atoms with Gasteiger partial charge in [-0.1, -0.05) is 13.0 Å². The van der Waals surface area contributed by atoms with Crippen molar-refractivity contribution in [2.45, 2.75) is 46.2 Å². The van der Waals surface area contributed by atoms with E-state index in [1.54, 1.807) is 0 Å². The van der Waals surface area contributed by atoms with Crippen LogP contribution in [0.25, 0.3) is 0 Å². The minimum absolute atomic E-state index is 0.218. The third-order valence-electron chi connectivity index (χ3n) is 3.32. The molecule has 0 saturated carbocycles. The Kier molecular flexibility index (Phi) is 4.90. The molecule has 20 heavy (non-hydrogen) atoms. The van der Waals surface area contributed by atoms with Gasteiger partial charge in [-0.3, -0.25) is 9.67 Å². The first kappa shape index (κ1) is 14.7. The first-order chi connectivity index (χ1) is 9.60. The van der Waals surface area contributed by atoms with E-state index < -0.39 is 0 Å². The van der Waals surface area contributed by atoms with Crippen molar-refractivity contribution in [2.24, 2.45) is 0 Å². The van der Waals surface area contributed by atoms with Crippen LogP contribution in [-0.2, 0) is 6.42 Å². The standard InChI is InChI=1S/C16H24N4/c1-5-17-16(15-8-6-7-13(4)18-15)11-14-9-10-20(19-14)12(2)3/h6-10,12,16-17H,5,11H2,1-4H3. The van der Waals surface area contributed by atoms with E-state index in [0.717, 1.165) is 30.0 Å². The largest absolute Gasteiger partial charge is 0.309 e. The minimum atomic E-state index is 0.218. The second-order valence-electron chi connectivity index (χ2n) is 5.40. The highest BCUT2D eigenvalue weighted by atomic mass is 15.3. The summed E-state index contributed by atoms with van der Waals surface area (Å²) < 4.78 is 2.00. The van der Waals surface area contributed by atoms with E-state index in [4.69, 9.17) is 0 Å². The van der Waals surface area contributed by atoms with Crippen molar-refractivity contribution in [1.82, 2.24) is 20.1 Å². The molecule has 108 valence electrons. The molecule has 0 fully saturated rings. The molecule has 0 saturated heterocycles. The van der Waals surface area contributed by atoms with Crippen molar-refractivity contribution < 1.29 is 0 Å². The molecule has 2 rings (SSSR count). The van der Waals surface area contributed by atoms with E-state index in [2.05, 4.69) is 54.4 Å². The molecule has 0 aliphatic rings. The number of rotatable bonds is 6. The molecule has 0 amide bonds. The van der Waals surface area contributed by atoms with Crippen molar-refractivity contribution in [3.8, 4) is 0 Å². The van der Waals surface area contributed by atoms with Gasteiger partial charge in [0.15, 0.2) is 0 Å². The maximum atomic E-state index is 4.63. The first-order valence-electron chi connectivity index (χ1n) is 7.31. The molecule has 0 bridgehead atoms. The Hall–Kier alpha value is -1.68. The van der Waals surface area contributed by atoms with Gasteiger partial charge in [-0.05, 0) is 45.5 Å². The van der Waals surface area contributed by atoms with Crippen LogP contribution >= 0.6 is 0 Å². The second kappa shape index (κ2) is 6.66. The summed E-state index contributed by atoms with van der Waals surface area (Å²) in [7, 11) is 0. The average Bonchev–Trinajstić information content (AvgIpc) is 2.87. The minimum Gasteiger partial charge on any atom is -0.309 e. The Balaban J connectivity index is 2.16. The van der Waals surface area contributed by atoms with E-state index in [1.807, 2.05) is 23.9 Å². The maximum absolute atomic E-state index is 4.63. The smallest absolute Gasteiger partial charge is 0.0644 e. The van der Waals surface area contributed by atoms with Crippen LogP contribution in [0.15, 0.2) is 30.5 Å². The maximum Gasteiger partial charge on any atom is 0.0644 e. The summed E-state index contributed by atoms with van der Waals surface area (Å²) in [5.41, 5.74) is 3.25. The molecule has 1 N–H and O–H groups in total. The summed E-state index contributed by atoms with van der Waals surface area (Å²) in [6, 6.07) is 8.89. The highest BCUT2D eigenvalue weighted by molar-refractivity contribution is 5.16. The van der Waals surface area contributed by atoms with Crippen LogP contribution in [0, 0.1) is 6.92 Å². The Morgan fingerprint density at radius 2 is 2.05 bits per heavy atom. The van der Waals surface area contributed by atoms with Crippen molar-refractivity contribution >= 4 is 0 Å². The highest BCUT2D eigenvalue weighted by Gasteiger charge is 2.14. The van der Waals surface area contributed by atoms with Gasteiger partial charge < -0.3 is 5.32 Å². The Labute approximate surface area is 121 Å². The summed E-state index contributed by atoms with van der Waals surface area (Å²) >= 11 is 0. The lowest BCUT2D eigenvalue weighted by Crippen LogP contribution is -2.24. The zero-order valence-electron chi connectivity index (χ0n) is 12.8. The van der Waals surface area contributed by atoms with Gasteiger partial charge in [-0.15, -0.1) is 0 Å². The van der Waals surface area contributed by atoms with Crippen LogP contribution in [0.3, 0.4) is 0 Å². The fourth-order valence-electron chi connectivity index (χ4n) is 2.27. The van der Waals surface area contributed by atoms with Gasteiger partial charge in [0, 0.05) is 24.4 Å². The fourth-order valence-corrected chi connectivity index (χ4v) is 2.27. The normalized spacial score (nSPS) is 12.8. The van der Waals surface area contributed by atoms with Gasteiger partial charge in [-0.2, -0.15) is 5.10 Å². The highest BCUT2D eigenvalue weighted by Crippen LogP contribution is 2.17. The predicted octanol–water partition coefficient (Wildman–Crippen LogP) is 3.06. The van der Waals surface area contributed by atoms with Gasteiger partial charge in [0.05, 0.1) is 17.4 Å². The quantitative estimate of drug-likeness (QED) is 0.879. The zero-order chi connectivity index (χ0) is 14.5. The molecular formula is C16H24N4. The molecule has 0 aliphatic carbocycles. The van der Waals surface area contributed by atoms with Crippen LogP contribution in [-0.4, -0.2) is 21.3 Å². The molecule has 2 aromatic heterocycles. The lowest BCUT2D eigenvalue weighted by atomic mass is 10.1. The zero-order valence-corrected chi connectivity index (χ0v) is 12.8. The topological polar surface area (TPSA) is 42.7 Å². The summed E-state index contributed by atoms with van der Waals surface area (Å²) in [6.45, 7) is 9.35. The molecule has 1 unspecified atom stereocenters. The van der Waals surface area contributed by atoms with Gasteiger partial charge in [0.25, 0.3) is 0 Å². The van der Waals surface area contributed by atoms with Gasteiger partial charge in [0.1, 0.15) is 0 Å². The number of nitrogens with one attached hydrogen (secondary N) is 1. The number of hydrogen-bond donors (Lipinski definition) is 1. The van der Waals surface area contributed by atoms with E-state index in [1.165, 1.54) is 0 Å². The van der Waals surface area contributed by atoms with Gasteiger partial charge >= 0.3 is 0 Å². The molecule has 4 heteroatoms. The molecule has 2 heterocycles. The number of likely N-dealkylation sites (N-methyl/N-ethyl adjacent to an activating group) is 1. The van der Waals surface area contributed by atoms with E-state index in [0.29, 0.717) is 6.04 Å². The molecule has 4 nitrogen and oxygen atoms in total. The molecule has 1 atom stereocenters. The molecular weight excluding hydrogens is 248 g/mol. The monoisotopic (exact) mass is 272 g/mol. The first-order valence-corrected chi connectivity index (χ1v) is 7.31. The van der Waals surface area contributed by atoms with E-state index in [-0.39, 0.29) is 6.04 Å². The third-order valence-corrected chi connectivity index (χ3v) is 3.32. The van der Waals surface area contributed by atoms with Crippen LogP contribution in [0.5, 0.6) is 0 Å². The number of hydrogen-bond acceptors (Lipinski definition) is 3. The summed E-state index contributed by atoms with van der Waals surface area (Å²) in [5.74, 6) is 0. The van der Waals surface area contributed by atoms with Crippen molar-refractivity contribution in [1.29, 1.82) is 0 Å². The average molecular weight is 272 g/mol. The Morgan fingerprint density at radius 1 is 1.25 bits per heavy atom. The molecule has 0 aromatic carbocycles. The lowest BCUT2D eigenvalue weighted by Gasteiger charge is -2.16. The fraction of sp³-hybridized carbons (Fsp3) is 0.500. The van der Waals surface area contributed by atoms with Gasteiger partial charge in [0.2, 0.25) is 0 Å².